The second-order valence-corrected chi connectivity index (χ2v) is 16.7. The van der Waals surface area contributed by atoms with Crippen molar-refractivity contribution in [3.8, 4) is 0 Å². The second-order valence-electron chi connectivity index (χ2n) is 6.52. The Morgan fingerprint density at radius 1 is 0.688 bits per heavy atom. The molecule has 16 heavy (non-hydrogen) atoms. The van der Waals surface area contributed by atoms with Crippen molar-refractivity contribution < 1.29 is 0 Å². The molecule has 0 spiro atoms. The monoisotopic (exact) mass is 260 g/mol. The maximum absolute atomic E-state index is 2.87. The van der Waals surface area contributed by atoms with Gasteiger partial charge in [0.1, 0.15) is 16.5 Å². The molecule has 0 heterocycles. The van der Waals surface area contributed by atoms with E-state index < -0.39 is 16.5 Å². The normalized spacial score (nSPS) is 13.9. The van der Waals surface area contributed by atoms with E-state index in [0.717, 1.165) is 0 Å². The quantitative estimate of drug-likeness (QED) is 0.648. The maximum Gasteiger partial charge on any atom is 0.112 e. The van der Waals surface area contributed by atoms with E-state index in [1.165, 1.54) is 26.2 Å². The Balaban J connectivity index is 4.47. The van der Waals surface area contributed by atoms with Crippen molar-refractivity contribution in [2.75, 3.05) is 26.2 Å². The van der Waals surface area contributed by atoms with E-state index in [1.807, 2.05) is 0 Å². The molecule has 4 heteroatoms. The maximum atomic E-state index is 2.87. The van der Waals surface area contributed by atoms with Crippen LogP contribution in [0.5, 0.6) is 0 Å². The molecule has 0 atom stereocenters. The van der Waals surface area contributed by atoms with Crippen molar-refractivity contribution in [2.24, 2.45) is 0 Å². The first kappa shape index (κ1) is 16.4. The van der Waals surface area contributed by atoms with Crippen LogP contribution in [0.4, 0.5) is 0 Å². The van der Waals surface area contributed by atoms with E-state index in [9.17, 15) is 0 Å². The topological polar surface area (TPSA) is 6.48 Å². The number of nitrogens with zero attached hydrogens (tertiary/aromatic N) is 2. The average molecular weight is 261 g/mol. The molecule has 0 bridgehead atoms. The van der Waals surface area contributed by atoms with Crippen molar-refractivity contribution >= 4 is 16.5 Å². The van der Waals surface area contributed by atoms with Crippen LogP contribution in [0.25, 0.3) is 0 Å². The fourth-order valence-electron chi connectivity index (χ4n) is 2.46. The Morgan fingerprint density at radius 2 is 1.06 bits per heavy atom. The average Bonchev–Trinajstić information content (AvgIpc) is 2.08. The number of hydrogen-bond acceptors (Lipinski definition) is 2. The first-order valence-electron chi connectivity index (χ1n) is 6.63. The summed E-state index contributed by atoms with van der Waals surface area (Å²) in [5.41, 5.74) is 0. The molecular weight excluding hydrogens is 228 g/mol. The summed E-state index contributed by atoms with van der Waals surface area (Å²) in [4.78, 5) is 2.54. The number of rotatable bonds is 7. The molecule has 0 aliphatic heterocycles. The van der Waals surface area contributed by atoms with Gasteiger partial charge in [-0.15, -0.1) is 0 Å². The summed E-state index contributed by atoms with van der Waals surface area (Å²) in [7, 11) is -2.29. The van der Waals surface area contributed by atoms with Crippen LogP contribution in [0.3, 0.4) is 0 Å². The summed E-state index contributed by atoms with van der Waals surface area (Å²) in [6.07, 6.45) is 0. The predicted octanol–water partition coefficient (Wildman–Crippen LogP) is 3.30. The molecule has 0 aromatic heterocycles. The van der Waals surface area contributed by atoms with Crippen molar-refractivity contribution in [3.63, 3.8) is 0 Å². The highest BCUT2D eigenvalue weighted by molar-refractivity contribution is 6.89. The molecule has 0 aromatic carbocycles. The third-order valence-corrected chi connectivity index (χ3v) is 10.9. The summed E-state index contributed by atoms with van der Waals surface area (Å²) < 4.78 is 2.87. The van der Waals surface area contributed by atoms with Gasteiger partial charge in [-0.3, -0.25) is 0 Å². The minimum atomic E-state index is -1.15. The third-order valence-electron chi connectivity index (χ3n) is 3.15. The summed E-state index contributed by atoms with van der Waals surface area (Å²) in [6, 6.07) is 0. The first-order chi connectivity index (χ1) is 7.12. The Hall–Kier alpha value is 0.354. The molecule has 0 saturated heterocycles. The molecule has 0 saturated carbocycles. The summed E-state index contributed by atoms with van der Waals surface area (Å²) in [6.45, 7) is 24.3. The molecule has 0 aromatic rings. The molecular formula is C12H32N2Si2. The Labute approximate surface area is 105 Å². The van der Waals surface area contributed by atoms with Gasteiger partial charge in [0.25, 0.3) is 0 Å². The van der Waals surface area contributed by atoms with Crippen LogP contribution >= 0.6 is 0 Å². The zero-order valence-corrected chi connectivity index (χ0v) is 14.7. The van der Waals surface area contributed by atoms with Gasteiger partial charge in [-0.25, -0.2) is 0 Å². The fourth-order valence-corrected chi connectivity index (χ4v) is 12.0. The van der Waals surface area contributed by atoms with Crippen molar-refractivity contribution in [2.45, 2.75) is 53.1 Å². The molecule has 0 N–H and O–H groups in total. The van der Waals surface area contributed by atoms with Gasteiger partial charge in [-0.05, 0) is 19.6 Å². The molecule has 0 aliphatic rings. The minimum absolute atomic E-state index is 1.15. The van der Waals surface area contributed by atoms with E-state index in [0.29, 0.717) is 0 Å². The van der Waals surface area contributed by atoms with Gasteiger partial charge in [0.15, 0.2) is 0 Å². The highest BCUT2D eigenvalue weighted by atomic mass is 28.4. The molecule has 0 radical (unpaired) electrons. The van der Waals surface area contributed by atoms with Gasteiger partial charge in [0, 0.05) is 6.54 Å². The van der Waals surface area contributed by atoms with Gasteiger partial charge in [-0.2, -0.15) is 0 Å². The lowest BCUT2D eigenvalue weighted by atomic mass is 10.5. The Bertz CT molecular complexity index is 176. The van der Waals surface area contributed by atoms with Crippen molar-refractivity contribution in [1.29, 1.82) is 0 Å². The first-order valence-corrected chi connectivity index (χ1v) is 13.5. The lowest BCUT2D eigenvalue weighted by molar-refractivity contribution is 0.292. The summed E-state index contributed by atoms with van der Waals surface area (Å²) >= 11 is 0. The third kappa shape index (κ3) is 5.61. The fraction of sp³-hybridized carbons (Fsp3) is 1.00. The lowest BCUT2D eigenvalue weighted by Crippen LogP contribution is -2.60. The second kappa shape index (κ2) is 6.33. The van der Waals surface area contributed by atoms with Crippen LogP contribution < -0.4 is 0 Å². The molecule has 2 nitrogen and oxygen atoms in total. The standard InChI is InChI=1S/C12H32N2Si2/c1-9-13(10-2)11-12-14(15(3,4)5)16(6,7)8/h9-12H2,1-8H3. The van der Waals surface area contributed by atoms with Crippen molar-refractivity contribution in [3.05, 3.63) is 0 Å². The molecule has 0 fully saturated rings. The smallest absolute Gasteiger partial charge is 0.112 e. The van der Waals surface area contributed by atoms with Crippen LogP contribution in [0.2, 0.25) is 39.3 Å². The van der Waals surface area contributed by atoms with Crippen LogP contribution in [-0.2, 0) is 0 Å². The van der Waals surface area contributed by atoms with Gasteiger partial charge < -0.3 is 9.13 Å². The predicted molar refractivity (Wildman–Crippen MR) is 81.2 cm³/mol. The Kier molecular flexibility index (Phi) is 6.47. The summed E-state index contributed by atoms with van der Waals surface area (Å²) in [5.74, 6) is 0. The minimum Gasteiger partial charge on any atom is -0.345 e. The van der Waals surface area contributed by atoms with Crippen LogP contribution in [-0.4, -0.2) is 51.8 Å². The van der Waals surface area contributed by atoms with Gasteiger partial charge >= 0.3 is 0 Å². The van der Waals surface area contributed by atoms with Crippen molar-refractivity contribution in [1.82, 2.24) is 9.13 Å². The number of hydrogen-bond donors (Lipinski definition) is 0. The van der Waals surface area contributed by atoms with E-state index in [4.69, 9.17) is 0 Å². The van der Waals surface area contributed by atoms with E-state index in [1.54, 1.807) is 0 Å². The van der Waals surface area contributed by atoms with Crippen LogP contribution in [0.15, 0.2) is 0 Å². The summed E-state index contributed by atoms with van der Waals surface area (Å²) in [5, 5.41) is 0. The molecule has 98 valence electrons. The lowest BCUT2D eigenvalue weighted by Gasteiger charge is -2.44. The van der Waals surface area contributed by atoms with E-state index in [2.05, 4.69) is 62.3 Å². The zero-order valence-electron chi connectivity index (χ0n) is 12.7. The highest BCUT2D eigenvalue weighted by Crippen LogP contribution is 2.19. The number of likely N-dealkylation sites (N-methyl/N-ethyl adjacent to an activating group) is 1. The molecule has 0 rings (SSSR count). The van der Waals surface area contributed by atoms with Crippen LogP contribution in [0.1, 0.15) is 13.8 Å². The Morgan fingerprint density at radius 3 is 1.31 bits per heavy atom. The van der Waals surface area contributed by atoms with Gasteiger partial charge in [-0.1, -0.05) is 53.1 Å². The van der Waals surface area contributed by atoms with Crippen LogP contribution in [0, 0.1) is 0 Å². The van der Waals surface area contributed by atoms with Gasteiger partial charge in [0.05, 0.1) is 0 Å². The highest BCUT2D eigenvalue weighted by Gasteiger charge is 2.33. The molecule has 0 unspecified atom stereocenters. The van der Waals surface area contributed by atoms with E-state index >= 15 is 0 Å². The van der Waals surface area contributed by atoms with E-state index in [-0.39, 0.29) is 0 Å². The zero-order chi connectivity index (χ0) is 13.0. The largest absolute Gasteiger partial charge is 0.345 e. The molecule has 0 aliphatic carbocycles. The van der Waals surface area contributed by atoms with Gasteiger partial charge in [0.2, 0.25) is 0 Å². The SMILES string of the molecule is CCN(CC)CCN([Si](C)(C)C)[Si](C)(C)C. The molecule has 0 amide bonds.